The number of benzene rings is 1. The lowest BCUT2D eigenvalue weighted by atomic mass is 9.72. The van der Waals surface area contributed by atoms with Crippen LogP contribution in [-0.2, 0) is 10.2 Å². The fourth-order valence-corrected chi connectivity index (χ4v) is 3.66. The molecule has 0 unspecified atom stereocenters. The summed E-state index contributed by atoms with van der Waals surface area (Å²) in [5.41, 5.74) is 4.99. The van der Waals surface area contributed by atoms with Gasteiger partial charge in [-0.2, -0.15) is 0 Å². The fraction of sp³-hybridized carbons (Fsp3) is 0.464. The van der Waals surface area contributed by atoms with Gasteiger partial charge in [0.15, 0.2) is 5.78 Å². The van der Waals surface area contributed by atoms with Gasteiger partial charge in [0, 0.05) is 11.1 Å². The molecule has 0 fully saturated rings. The minimum absolute atomic E-state index is 0.0503. The van der Waals surface area contributed by atoms with Crippen LogP contribution in [0, 0.1) is 17.8 Å². The lowest BCUT2D eigenvalue weighted by molar-refractivity contribution is -0.114. The van der Waals surface area contributed by atoms with Crippen LogP contribution in [0.3, 0.4) is 0 Å². The average molecular weight is 391 g/mol. The van der Waals surface area contributed by atoms with Gasteiger partial charge in [-0.1, -0.05) is 93.2 Å². The molecule has 0 amide bonds. The second-order valence-corrected chi connectivity index (χ2v) is 11.4. The summed E-state index contributed by atoms with van der Waals surface area (Å²) in [6.45, 7) is 25.7. The van der Waals surface area contributed by atoms with Gasteiger partial charge >= 0.3 is 0 Å². The van der Waals surface area contributed by atoms with Gasteiger partial charge in [-0.15, -0.1) is 0 Å². The van der Waals surface area contributed by atoms with Gasteiger partial charge in [0.25, 0.3) is 0 Å². The predicted octanol–water partition coefficient (Wildman–Crippen LogP) is 5.94. The second-order valence-electron chi connectivity index (χ2n) is 11.4. The molecule has 0 aliphatic heterocycles. The van der Waals surface area contributed by atoms with E-state index >= 15 is 0 Å². The average Bonchev–Trinajstić information content (AvgIpc) is 2.53. The number of hydrogen-bond acceptors (Lipinski definition) is 1. The van der Waals surface area contributed by atoms with Crippen LogP contribution in [0.1, 0.15) is 73.4 Å². The first-order valence-corrected chi connectivity index (χ1v) is 10.5. The van der Waals surface area contributed by atoms with Crippen molar-refractivity contribution < 1.29 is 4.79 Å². The second kappa shape index (κ2) is 7.59. The Kier molecular flexibility index (Phi) is 6.06. The van der Waals surface area contributed by atoms with Gasteiger partial charge in [-0.05, 0) is 62.5 Å². The molecular formula is C28H38O. The van der Waals surface area contributed by atoms with Crippen molar-refractivity contribution in [1.29, 1.82) is 0 Å². The molecule has 1 aliphatic rings. The van der Waals surface area contributed by atoms with Crippen LogP contribution < -0.4 is 10.4 Å². The summed E-state index contributed by atoms with van der Waals surface area (Å²) < 4.78 is 0. The number of carbonyl (C=O) groups is 1. The zero-order valence-corrected chi connectivity index (χ0v) is 20.1. The Labute approximate surface area is 177 Å². The first-order chi connectivity index (χ1) is 13.0. The fourth-order valence-electron chi connectivity index (χ4n) is 3.66. The lowest BCUT2D eigenvalue weighted by Crippen LogP contribution is -2.28. The molecule has 0 spiro atoms. The number of rotatable bonds is 1. The highest BCUT2D eigenvalue weighted by molar-refractivity contribution is 6.11. The van der Waals surface area contributed by atoms with E-state index in [1.54, 1.807) is 0 Å². The van der Waals surface area contributed by atoms with Crippen LogP contribution in [0.4, 0.5) is 0 Å². The SMILES string of the molecule is C=c1c(C)c/c(=C/C=C2C=C(C(C)(C)C)C(=O)C(C(C)(C)C)=C2)cc1C(C)(C)C. The van der Waals surface area contributed by atoms with E-state index in [4.69, 9.17) is 0 Å². The molecule has 2 rings (SSSR count). The Hall–Kier alpha value is -2.15. The Morgan fingerprint density at radius 1 is 0.759 bits per heavy atom. The maximum absolute atomic E-state index is 13.1. The van der Waals surface area contributed by atoms with E-state index in [0.717, 1.165) is 21.9 Å². The summed E-state index contributed by atoms with van der Waals surface area (Å²) in [6.07, 6.45) is 8.40. The third-order valence-corrected chi connectivity index (χ3v) is 5.50. The van der Waals surface area contributed by atoms with E-state index in [0.29, 0.717) is 0 Å². The smallest absolute Gasteiger partial charge is 0.186 e. The van der Waals surface area contributed by atoms with Crippen molar-refractivity contribution in [2.45, 2.75) is 74.7 Å². The Balaban J connectivity index is 2.68. The van der Waals surface area contributed by atoms with Crippen LogP contribution in [0.5, 0.6) is 0 Å². The van der Waals surface area contributed by atoms with Crippen LogP contribution in [0.15, 0.2) is 47.1 Å². The third-order valence-electron chi connectivity index (χ3n) is 5.50. The van der Waals surface area contributed by atoms with E-state index in [2.05, 4.69) is 112 Å². The first-order valence-electron chi connectivity index (χ1n) is 10.5. The van der Waals surface area contributed by atoms with Gasteiger partial charge in [-0.25, -0.2) is 0 Å². The molecule has 0 atom stereocenters. The van der Waals surface area contributed by atoms with Gasteiger partial charge in [0.1, 0.15) is 0 Å². The molecule has 0 N–H and O–H groups in total. The molecule has 156 valence electrons. The van der Waals surface area contributed by atoms with E-state index < -0.39 is 0 Å². The Morgan fingerprint density at radius 3 is 1.66 bits per heavy atom. The number of Topliss-reactive ketones (excluding diaryl/α,β-unsaturated/α-hetero) is 1. The molecule has 0 heterocycles. The molecule has 1 aliphatic carbocycles. The van der Waals surface area contributed by atoms with Gasteiger partial charge < -0.3 is 0 Å². The molecule has 1 aromatic carbocycles. The minimum atomic E-state index is -0.188. The third kappa shape index (κ3) is 5.26. The van der Waals surface area contributed by atoms with Gasteiger partial charge in [0.2, 0.25) is 0 Å². The molecule has 1 aromatic rings. The maximum Gasteiger partial charge on any atom is 0.186 e. The minimum Gasteiger partial charge on any atom is -0.289 e. The molecule has 0 aromatic heterocycles. The Morgan fingerprint density at radius 2 is 1.24 bits per heavy atom. The molecule has 0 saturated heterocycles. The van der Waals surface area contributed by atoms with E-state index in [1.807, 2.05) is 0 Å². The highest BCUT2D eigenvalue weighted by Gasteiger charge is 2.33. The molecule has 1 heteroatoms. The largest absolute Gasteiger partial charge is 0.289 e. The predicted molar refractivity (Wildman–Crippen MR) is 127 cm³/mol. The topological polar surface area (TPSA) is 17.1 Å². The summed E-state index contributed by atoms with van der Waals surface area (Å²) >= 11 is 0. The van der Waals surface area contributed by atoms with Gasteiger partial charge in [0.05, 0.1) is 0 Å². The van der Waals surface area contributed by atoms with Crippen molar-refractivity contribution >= 4 is 18.4 Å². The quantitative estimate of drug-likeness (QED) is 0.580. The highest BCUT2D eigenvalue weighted by atomic mass is 16.1. The van der Waals surface area contributed by atoms with Crippen LogP contribution >= 0.6 is 0 Å². The standard InChI is InChI=1S/C28H38O/c1-18-14-20(15-22(19(18)2)26(3,4)5)12-13-21-16-23(27(6,7)8)25(29)24(17-21)28(9,10)11/h12-17H,2H2,1,3-11H3/b20-12-. The number of carbonyl (C=O) groups excluding carboxylic acids is 1. The van der Waals surface area contributed by atoms with Crippen molar-refractivity contribution in [2.24, 2.45) is 10.8 Å². The molecule has 1 nitrogen and oxygen atoms in total. The molecule has 0 saturated carbocycles. The lowest BCUT2D eigenvalue weighted by Gasteiger charge is -2.31. The van der Waals surface area contributed by atoms with Gasteiger partial charge in [-0.3, -0.25) is 4.79 Å². The first kappa shape index (κ1) is 23.1. The monoisotopic (exact) mass is 390 g/mol. The summed E-state index contributed by atoms with van der Waals surface area (Å²) in [4.78, 5) is 13.1. The zero-order chi connectivity index (χ0) is 22.4. The van der Waals surface area contributed by atoms with Crippen molar-refractivity contribution in [3.63, 3.8) is 0 Å². The van der Waals surface area contributed by atoms with E-state index in [9.17, 15) is 4.79 Å². The van der Waals surface area contributed by atoms with Crippen molar-refractivity contribution in [3.05, 3.63) is 68.6 Å². The summed E-state index contributed by atoms with van der Waals surface area (Å²) in [5.74, 6) is 0.175. The van der Waals surface area contributed by atoms with Crippen LogP contribution in [-0.4, -0.2) is 5.78 Å². The van der Waals surface area contributed by atoms with Crippen LogP contribution in [0.2, 0.25) is 0 Å². The summed E-state index contributed by atoms with van der Waals surface area (Å²) in [5, 5.41) is 2.29. The Bertz CT molecular complexity index is 984. The van der Waals surface area contributed by atoms with Crippen molar-refractivity contribution in [3.8, 4) is 0 Å². The number of aryl methyl sites for hydroxylation is 1. The maximum atomic E-state index is 13.1. The van der Waals surface area contributed by atoms with Crippen molar-refractivity contribution in [2.75, 3.05) is 0 Å². The highest BCUT2D eigenvalue weighted by Crippen LogP contribution is 2.38. The zero-order valence-electron chi connectivity index (χ0n) is 20.1. The summed E-state index contributed by atoms with van der Waals surface area (Å²) in [7, 11) is 0. The summed E-state index contributed by atoms with van der Waals surface area (Å²) in [6, 6.07) is 4.43. The molecular weight excluding hydrogens is 352 g/mol. The number of hydrogen-bond donors (Lipinski definition) is 0. The normalized spacial score (nSPS) is 16.7. The molecule has 0 bridgehead atoms. The van der Waals surface area contributed by atoms with Crippen LogP contribution in [0.25, 0.3) is 12.7 Å². The van der Waals surface area contributed by atoms with E-state index in [-0.39, 0.29) is 22.0 Å². The van der Waals surface area contributed by atoms with Crippen molar-refractivity contribution in [1.82, 2.24) is 0 Å². The molecule has 29 heavy (non-hydrogen) atoms. The number of allylic oxidation sites excluding steroid dienone is 6. The van der Waals surface area contributed by atoms with E-state index in [1.165, 1.54) is 16.3 Å². The molecule has 0 radical (unpaired) electrons. The number of ketones is 1.